The quantitative estimate of drug-likeness (QED) is 0.808. The number of amides is 4. The molecule has 130 valence electrons. The number of halogens is 2. The van der Waals surface area contributed by atoms with E-state index in [4.69, 9.17) is 23.2 Å². The van der Waals surface area contributed by atoms with Gasteiger partial charge < -0.3 is 10.2 Å². The first-order chi connectivity index (χ1) is 11.2. The number of urea groups is 1. The van der Waals surface area contributed by atoms with Crippen molar-refractivity contribution < 1.29 is 14.4 Å². The Labute approximate surface area is 150 Å². The third-order valence-corrected chi connectivity index (χ3v) is 4.70. The Morgan fingerprint density at radius 3 is 2.42 bits per heavy atom. The third-order valence-electron chi connectivity index (χ3n) is 4.15. The summed E-state index contributed by atoms with van der Waals surface area (Å²) in [6.07, 6.45) is 0. The molecule has 1 N–H and O–H groups in total. The minimum atomic E-state index is -1.33. The van der Waals surface area contributed by atoms with Crippen LogP contribution in [0.5, 0.6) is 0 Å². The predicted molar refractivity (Wildman–Crippen MR) is 92.0 cm³/mol. The SMILES string of the molecule is CCN(CC)C(=O)CN1C(=O)N[C@](C)(c2ccc(Cl)cc2Cl)C1=O. The Balaban J connectivity index is 2.29. The molecule has 1 aromatic carbocycles. The maximum Gasteiger partial charge on any atom is 0.325 e. The van der Waals surface area contributed by atoms with Crippen LogP contribution < -0.4 is 5.32 Å². The lowest BCUT2D eigenvalue weighted by Gasteiger charge is -2.24. The van der Waals surface area contributed by atoms with E-state index in [0.29, 0.717) is 23.7 Å². The van der Waals surface area contributed by atoms with Gasteiger partial charge in [0.1, 0.15) is 12.1 Å². The predicted octanol–water partition coefficient (Wildman–Crippen LogP) is 2.63. The molecule has 1 saturated heterocycles. The summed E-state index contributed by atoms with van der Waals surface area (Å²) < 4.78 is 0. The summed E-state index contributed by atoms with van der Waals surface area (Å²) in [5.74, 6) is -0.799. The number of nitrogens with zero attached hydrogens (tertiary/aromatic N) is 2. The van der Waals surface area contributed by atoms with E-state index in [1.165, 1.54) is 6.07 Å². The Bertz CT molecular complexity index is 691. The second-order valence-corrected chi connectivity index (χ2v) is 6.48. The maximum absolute atomic E-state index is 12.8. The summed E-state index contributed by atoms with van der Waals surface area (Å²) in [6, 6.07) is 4.08. The number of likely N-dealkylation sites (N-methyl/N-ethyl adjacent to an activating group) is 1. The van der Waals surface area contributed by atoms with Crippen LogP contribution in [0.1, 0.15) is 26.3 Å². The monoisotopic (exact) mass is 371 g/mol. The molecule has 24 heavy (non-hydrogen) atoms. The molecule has 1 atom stereocenters. The van der Waals surface area contributed by atoms with Crippen molar-refractivity contribution >= 4 is 41.0 Å². The van der Waals surface area contributed by atoms with Crippen molar-refractivity contribution in [1.29, 1.82) is 0 Å². The maximum atomic E-state index is 12.8. The largest absolute Gasteiger partial charge is 0.342 e. The summed E-state index contributed by atoms with van der Waals surface area (Å²) in [7, 11) is 0. The van der Waals surface area contributed by atoms with Gasteiger partial charge in [-0.2, -0.15) is 0 Å². The van der Waals surface area contributed by atoms with Crippen molar-refractivity contribution in [3.8, 4) is 0 Å². The third kappa shape index (κ3) is 3.21. The molecular weight excluding hydrogens is 353 g/mol. The van der Waals surface area contributed by atoms with Crippen LogP contribution in [0.25, 0.3) is 0 Å². The molecule has 0 unspecified atom stereocenters. The van der Waals surface area contributed by atoms with Crippen molar-refractivity contribution in [3.05, 3.63) is 33.8 Å². The molecule has 0 bridgehead atoms. The number of hydrogen-bond acceptors (Lipinski definition) is 3. The van der Waals surface area contributed by atoms with Crippen LogP contribution in [0.2, 0.25) is 10.0 Å². The Morgan fingerprint density at radius 1 is 1.25 bits per heavy atom. The van der Waals surface area contributed by atoms with Gasteiger partial charge in [0, 0.05) is 28.7 Å². The molecule has 0 aliphatic carbocycles. The molecule has 0 saturated carbocycles. The highest BCUT2D eigenvalue weighted by Crippen LogP contribution is 2.34. The van der Waals surface area contributed by atoms with Crippen molar-refractivity contribution in [2.45, 2.75) is 26.3 Å². The van der Waals surface area contributed by atoms with Gasteiger partial charge in [0.05, 0.1) is 0 Å². The summed E-state index contributed by atoms with van der Waals surface area (Å²) in [4.78, 5) is 39.7. The van der Waals surface area contributed by atoms with Crippen molar-refractivity contribution in [1.82, 2.24) is 15.1 Å². The fourth-order valence-corrected chi connectivity index (χ4v) is 3.33. The van der Waals surface area contributed by atoms with Crippen LogP contribution in [0.3, 0.4) is 0 Å². The van der Waals surface area contributed by atoms with E-state index < -0.39 is 17.5 Å². The second kappa shape index (κ2) is 6.99. The van der Waals surface area contributed by atoms with Crippen LogP contribution in [0, 0.1) is 0 Å². The van der Waals surface area contributed by atoms with E-state index in [2.05, 4.69) is 5.32 Å². The average molecular weight is 372 g/mol. The van der Waals surface area contributed by atoms with Crippen LogP contribution in [-0.4, -0.2) is 47.3 Å². The number of nitrogens with one attached hydrogen (secondary N) is 1. The second-order valence-electron chi connectivity index (χ2n) is 5.64. The molecule has 1 fully saturated rings. The minimum absolute atomic E-state index is 0.274. The lowest BCUT2D eigenvalue weighted by molar-refractivity contribution is -0.138. The van der Waals surface area contributed by atoms with Crippen LogP contribution in [0.15, 0.2) is 18.2 Å². The highest BCUT2D eigenvalue weighted by Gasteiger charge is 2.50. The summed E-state index contributed by atoms with van der Waals surface area (Å²) in [5, 5.41) is 3.33. The van der Waals surface area contributed by atoms with Gasteiger partial charge in [0.25, 0.3) is 5.91 Å². The van der Waals surface area contributed by atoms with Crippen molar-refractivity contribution in [3.63, 3.8) is 0 Å². The molecular formula is C16H19Cl2N3O3. The molecule has 1 heterocycles. The van der Waals surface area contributed by atoms with E-state index >= 15 is 0 Å². The van der Waals surface area contributed by atoms with Gasteiger partial charge >= 0.3 is 6.03 Å². The van der Waals surface area contributed by atoms with E-state index in [1.807, 2.05) is 13.8 Å². The molecule has 4 amide bonds. The van der Waals surface area contributed by atoms with Crippen molar-refractivity contribution in [2.24, 2.45) is 0 Å². The minimum Gasteiger partial charge on any atom is -0.342 e. The van der Waals surface area contributed by atoms with Gasteiger partial charge in [0.2, 0.25) is 5.91 Å². The van der Waals surface area contributed by atoms with Crippen LogP contribution in [0.4, 0.5) is 4.79 Å². The number of imide groups is 1. The Hall–Kier alpha value is -1.79. The van der Waals surface area contributed by atoms with Crippen molar-refractivity contribution in [2.75, 3.05) is 19.6 Å². The van der Waals surface area contributed by atoms with Crippen LogP contribution in [-0.2, 0) is 15.1 Å². The number of benzene rings is 1. The molecule has 6 nitrogen and oxygen atoms in total. The Morgan fingerprint density at radius 2 is 1.88 bits per heavy atom. The molecule has 1 aliphatic rings. The molecule has 1 aliphatic heterocycles. The van der Waals surface area contributed by atoms with Gasteiger partial charge in [-0.15, -0.1) is 0 Å². The zero-order chi connectivity index (χ0) is 18.1. The van der Waals surface area contributed by atoms with E-state index in [0.717, 1.165) is 4.90 Å². The fourth-order valence-electron chi connectivity index (χ4n) is 2.73. The van der Waals surface area contributed by atoms with E-state index in [1.54, 1.807) is 24.0 Å². The normalized spacial score (nSPS) is 20.3. The topological polar surface area (TPSA) is 69.7 Å². The van der Waals surface area contributed by atoms with Gasteiger partial charge in [-0.1, -0.05) is 29.3 Å². The lowest BCUT2D eigenvalue weighted by atomic mass is 9.92. The summed E-state index contributed by atoms with van der Waals surface area (Å²) in [6.45, 7) is 5.96. The number of carbonyl (C=O) groups is 3. The molecule has 0 aromatic heterocycles. The molecule has 0 spiro atoms. The van der Waals surface area contributed by atoms with Gasteiger partial charge in [0.15, 0.2) is 0 Å². The Kier molecular flexibility index (Phi) is 5.40. The number of hydrogen-bond donors (Lipinski definition) is 1. The molecule has 2 rings (SSSR count). The fraction of sp³-hybridized carbons (Fsp3) is 0.438. The smallest absolute Gasteiger partial charge is 0.325 e. The average Bonchev–Trinajstić information content (AvgIpc) is 2.72. The highest BCUT2D eigenvalue weighted by atomic mass is 35.5. The highest BCUT2D eigenvalue weighted by molar-refractivity contribution is 6.35. The first kappa shape index (κ1) is 18.5. The first-order valence-electron chi connectivity index (χ1n) is 7.62. The van der Waals surface area contributed by atoms with E-state index in [9.17, 15) is 14.4 Å². The van der Waals surface area contributed by atoms with Crippen LogP contribution >= 0.6 is 23.2 Å². The summed E-state index contributed by atoms with van der Waals surface area (Å²) >= 11 is 12.1. The first-order valence-corrected chi connectivity index (χ1v) is 8.37. The molecule has 1 aromatic rings. The molecule has 0 radical (unpaired) electrons. The standard InChI is InChI=1S/C16H19Cl2N3O3/c1-4-20(5-2)13(22)9-21-14(23)16(3,19-15(21)24)11-7-6-10(17)8-12(11)18/h6-8H,4-5,9H2,1-3H3,(H,19,24)/t16-/m1/s1. The van der Waals surface area contributed by atoms with Gasteiger partial charge in [-0.25, -0.2) is 4.79 Å². The number of rotatable bonds is 5. The lowest BCUT2D eigenvalue weighted by Crippen LogP contribution is -2.44. The zero-order valence-corrected chi connectivity index (χ0v) is 15.2. The zero-order valence-electron chi connectivity index (χ0n) is 13.7. The van der Waals surface area contributed by atoms with E-state index in [-0.39, 0.29) is 17.5 Å². The molecule has 8 heteroatoms. The summed E-state index contributed by atoms with van der Waals surface area (Å²) in [5.41, 5.74) is -0.896. The van der Waals surface area contributed by atoms with Gasteiger partial charge in [-0.05, 0) is 32.9 Å². The number of carbonyl (C=O) groups excluding carboxylic acids is 3. The van der Waals surface area contributed by atoms with Gasteiger partial charge in [-0.3, -0.25) is 14.5 Å².